The van der Waals surface area contributed by atoms with Crippen molar-refractivity contribution >= 4 is 18.2 Å². The molecule has 1 aliphatic heterocycles. The zero-order valence-corrected chi connectivity index (χ0v) is 8.58. The van der Waals surface area contributed by atoms with E-state index in [0.717, 1.165) is 0 Å². The minimum Gasteiger partial charge on any atom is -0.659 e. The molecular weight excluding hydrogens is 211 g/mol. The van der Waals surface area contributed by atoms with Gasteiger partial charge in [-0.1, -0.05) is 0 Å². The van der Waals surface area contributed by atoms with E-state index in [1.807, 2.05) is 0 Å². The Morgan fingerprint density at radius 3 is 2.31 bits per heavy atom. The minimum absolute atomic E-state index is 0. The molecule has 6 heteroatoms. The van der Waals surface area contributed by atoms with Crippen LogP contribution in [0.4, 0.5) is 0 Å². The van der Waals surface area contributed by atoms with Gasteiger partial charge in [0.1, 0.15) is 0 Å². The average Bonchev–Trinajstić information content (AvgIpc) is 2.04. The molecule has 71 valence electrons. The molecule has 1 fully saturated rings. The van der Waals surface area contributed by atoms with Gasteiger partial charge in [0.15, 0.2) is 0 Å². The molecule has 0 aromatic heterocycles. The third-order valence-corrected chi connectivity index (χ3v) is 1.07. The van der Waals surface area contributed by atoms with Crippen LogP contribution in [0, 0.1) is 6.42 Å². The van der Waals surface area contributed by atoms with Gasteiger partial charge in [-0.3, -0.25) is 4.79 Å². The largest absolute Gasteiger partial charge is 2.00 e. The molecule has 1 radical (unpaired) electrons. The van der Waals surface area contributed by atoms with Crippen LogP contribution in [0.3, 0.4) is 0 Å². The van der Waals surface area contributed by atoms with Gasteiger partial charge < -0.3 is 26.6 Å². The Hall–Kier alpha value is -0.936. The first-order valence-corrected chi connectivity index (χ1v) is 3.40. The molecule has 0 spiro atoms. The molecule has 13 heavy (non-hydrogen) atoms. The van der Waals surface area contributed by atoms with Gasteiger partial charge in [-0.15, -0.1) is 7.05 Å². The Morgan fingerprint density at radius 1 is 1.54 bits per heavy atom. The second kappa shape index (κ2) is 9.15. The van der Waals surface area contributed by atoms with Crippen molar-refractivity contribution in [1.29, 1.82) is 0 Å². The van der Waals surface area contributed by atoms with Gasteiger partial charge in [0.05, 0.1) is 5.91 Å². The molecule has 0 aromatic rings. The Morgan fingerprint density at radius 2 is 2.08 bits per heavy atom. The standard InChI is InChI=1S/C5H6NO2.C2H5NO.V/c7-4-2-1-3-5(8)6-4;1-3-2-4;/h2H,1,3H2,(H,6,7,8);2H,1H3,(H,3,4);/q-1;;+2/p-1. The second-order valence-corrected chi connectivity index (χ2v) is 2.02. The van der Waals surface area contributed by atoms with Crippen molar-refractivity contribution in [3.05, 3.63) is 11.7 Å². The number of imide groups is 1. The maximum Gasteiger partial charge on any atom is 2.00 e. The summed E-state index contributed by atoms with van der Waals surface area (Å²) in [6.07, 6.45) is 3.01. The van der Waals surface area contributed by atoms with E-state index in [1.165, 1.54) is 13.5 Å². The van der Waals surface area contributed by atoms with Gasteiger partial charge in [0.25, 0.3) is 0 Å². The van der Waals surface area contributed by atoms with Crippen molar-refractivity contribution in [1.82, 2.24) is 5.32 Å². The molecule has 1 N–H and O–H groups in total. The Bertz CT molecular complexity index is 171. The van der Waals surface area contributed by atoms with Crippen molar-refractivity contribution in [2.24, 2.45) is 0 Å². The number of piperidine rings is 1. The molecule has 0 saturated carbocycles. The minimum atomic E-state index is -0.263. The Kier molecular flexibility index (Phi) is 10.3. The normalized spacial score (nSPS) is 13.6. The Labute approximate surface area is 88.5 Å². The van der Waals surface area contributed by atoms with Gasteiger partial charge in [-0.2, -0.15) is 6.42 Å². The monoisotopic (exact) mass is 221 g/mol. The van der Waals surface area contributed by atoms with Crippen LogP contribution in [0.25, 0.3) is 5.32 Å². The van der Waals surface area contributed by atoms with E-state index < -0.39 is 0 Å². The van der Waals surface area contributed by atoms with E-state index in [-0.39, 0.29) is 30.4 Å². The van der Waals surface area contributed by atoms with E-state index in [2.05, 4.69) is 10.6 Å². The molecule has 0 aliphatic carbocycles. The fraction of sp³-hybridized carbons (Fsp3) is 0.429. The number of carbonyl (C=O) groups is 3. The first-order chi connectivity index (χ1) is 5.70. The predicted octanol–water partition coefficient (Wildman–Crippen LogP) is -0.229. The van der Waals surface area contributed by atoms with Gasteiger partial charge in [-0.25, -0.2) is 0 Å². The number of nitrogens with one attached hydrogen (secondary N) is 1. The molecular formula is C7H10N2O3V. The number of carbonyl (C=O) groups excluding carboxylic acids is 3. The maximum absolute atomic E-state index is 10.3. The first-order valence-electron chi connectivity index (χ1n) is 3.40. The summed E-state index contributed by atoms with van der Waals surface area (Å²) in [6.45, 7) is 0. The van der Waals surface area contributed by atoms with Crippen LogP contribution in [0.15, 0.2) is 0 Å². The predicted molar refractivity (Wildman–Crippen MR) is 42.0 cm³/mol. The third kappa shape index (κ3) is 8.97. The molecule has 1 saturated heterocycles. The molecule has 0 unspecified atom stereocenters. The van der Waals surface area contributed by atoms with Crippen molar-refractivity contribution in [2.45, 2.75) is 12.8 Å². The topological polar surface area (TPSA) is 77.3 Å². The van der Waals surface area contributed by atoms with Crippen LogP contribution in [0.5, 0.6) is 0 Å². The van der Waals surface area contributed by atoms with E-state index in [4.69, 9.17) is 4.79 Å². The smallest absolute Gasteiger partial charge is 0.659 e. The van der Waals surface area contributed by atoms with Crippen LogP contribution < -0.4 is 5.32 Å². The van der Waals surface area contributed by atoms with Crippen LogP contribution >= 0.6 is 0 Å². The van der Waals surface area contributed by atoms with E-state index in [0.29, 0.717) is 19.3 Å². The zero-order chi connectivity index (χ0) is 9.40. The summed E-state index contributed by atoms with van der Waals surface area (Å²) in [5.74, 6) is -0.432. The summed E-state index contributed by atoms with van der Waals surface area (Å²) in [5, 5.41) is 5.20. The van der Waals surface area contributed by atoms with Crippen molar-refractivity contribution in [3.63, 3.8) is 0 Å². The summed E-state index contributed by atoms with van der Waals surface area (Å²) in [4.78, 5) is 29.6. The van der Waals surface area contributed by atoms with Crippen LogP contribution in [0.2, 0.25) is 0 Å². The molecule has 1 heterocycles. The van der Waals surface area contributed by atoms with E-state index >= 15 is 0 Å². The summed E-state index contributed by atoms with van der Waals surface area (Å²) in [5.41, 5.74) is 0. The van der Waals surface area contributed by atoms with Crippen LogP contribution in [-0.4, -0.2) is 25.3 Å². The van der Waals surface area contributed by atoms with Crippen LogP contribution in [0.1, 0.15) is 12.8 Å². The van der Waals surface area contributed by atoms with Gasteiger partial charge in [-0.05, 0) is 0 Å². The van der Waals surface area contributed by atoms with Crippen LogP contribution in [-0.2, 0) is 32.9 Å². The van der Waals surface area contributed by atoms with E-state index in [1.54, 1.807) is 0 Å². The SMILES string of the molecule is C[N-]C=O.O=C1[CH-]CCC(=O)N1.[V+2]. The fourth-order valence-electron chi connectivity index (χ4n) is 0.585. The summed E-state index contributed by atoms with van der Waals surface area (Å²) < 4.78 is 0. The summed E-state index contributed by atoms with van der Waals surface area (Å²) >= 11 is 0. The second-order valence-electron chi connectivity index (χ2n) is 2.02. The van der Waals surface area contributed by atoms with Gasteiger partial charge in [0, 0.05) is 12.8 Å². The molecule has 5 nitrogen and oxygen atoms in total. The number of rotatable bonds is 1. The van der Waals surface area contributed by atoms with Crippen molar-refractivity contribution in [3.8, 4) is 0 Å². The molecule has 0 atom stereocenters. The quantitative estimate of drug-likeness (QED) is 0.377. The third-order valence-electron chi connectivity index (χ3n) is 1.07. The number of hydrogen-bond acceptors (Lipinski definition) is 3. The summed E-state index contributed by atoms with van der Waals surface area (Å²) in [7, 11) is 1.44. The molecule has 0 aromatic carbocycles. The fourth-order valence-corrected chi connectivity index (χ4v) is 0.585. The van der Waals surface area contributed by atoms with Gasteiger partial charge in [0.2, 0.25) is 5.91 Å². The van der Waals surface area contributed by atoms with Gasteiger partial charge >= 0.3 is 18.6 Å². The molecule has 3 amide bonds. The average molecular weight is 221 g/mol. The van der Waals surface area contributed by atoms with Crippen molar-refractivity contribution < 1.29 is 32.9 Å². The molecule has 1 rings (SSSR count). The van der Waals surface area contributed by atoms with Crippen molar-refractivity contribution in [2.75, 3.05) is 7.05 Å². The Balaban J connectivity index is 0. The number of amides is 3. The molecule has 0 bridgehead atoms. The maximum atomic E-state index is 10.3. The zero-order valence-electron chi connectivity index (χ0n) is 7.19. The summed E-state index contributed by atoms with van der Waals surface area (Å²) in [6, 6.07) is 0. The molecule has 1 aliphatic rings. The first kappa shape index (κ1) is 14.6. The van der Waals surface area contributed by atoms with E-state index in [9.17, 15) is 9.59 Å². The number of nitrogens with zero attached hydrogens (tertiary/aromatic N) is 1. The number of hydrogen-bond donors (Lipinski definition) is 1.